The lowest BCUT2D eigenvalue weighted by Crippen LogP contribution is -2.15. The minimum absolute atomic E-state index is 0.0137. The van der Waals surface area contributed by atoms with Crippen molar-refractivity contribution in [3.63, 3.8) is 0 Å². The van der Waals surface area contributed by atoms with Gasteiger partial charge in [-0.2, -0.15) is 0 Å². The molecule has 0 bridgehead atoms. The first-order valence-electron chi connectivity index (χ1n) is 6.59. The summed E-state index contributed by atoms with van der Waals surface area (Å²) in [5, 5.41) is 18.7. The summed E-state index contributed by atoms with van der Waals surface area (Å²) in [6.45, 7) is 7.22. The first kappa shape index (κ1) is 17.3. The van der Waals surface area contributed by atoms with Gasteiger partial charge in [0.05, 0.1) is 36.9 Å². The van der Waals surface area contributed by atoms with E-state index >= 15 is 0 Å². The molecule has 22 heavy (non-hydrogen) atoms. The summed E-state index contributed by atoms with van der Waals surface area (Å²) in [6.07, 6.45) is 2.99. The highest BCUT2D eigenvalue weighted by Crippen LogP contribution is 2.22. The molecule has 6 nitrogen and oxygen atoms in total. The van der Waals surface area contributed by atoms with Crippen LogP contribution in [0.5, 0.6) is 0 Å². The predicted molar refractivity (Wildman–Crippen MR) is 80.1 cm³/mol. The number of rotatable bonds is 10. The van der Waals surface area contributed by atoms with Gasteiger partial charge in [-0.3, -0.25) is 0 Å². The molecule has 0 fully saturated rings. The van der Waals surface area contributed by atoms with E-state index in [4.69, 9.17) is 9.47 Å². The number of benzene rings is 1. The van der Waals surface area contributed by atoms with Crippen LogP contribution >= 0.6 is 0 Å². The molecule has 1 rings (SSSR count). The zero-order valence-electron chi connectivity index (χ0n) is 12.1. The fraction of sp³-hybridized carbons (Fsp3) is 0.250. The average Bonchev–Trinajstić information content (AvgIpc) is 2.47. The molecule has 6 heteroatoms. The second kappa shape index (κ2) is 8.51. The number of hydrogen-bond acceptors (Lipinski definition) is 4. The molecule has 0 aliphatic carbocycles. The normalized spacial score (nSPS) is 9.82. The topological polar surface area (TPSA) is 93.1 Å². The summed E-state index contributed by atoms with van der Waals surface area (Å²) in [4.78, 5) is 22.9. The molecule has 0 atom stereocenters. The van der Waals surface area contributed by atoms with Crippen molar-refractivity contribution >= 4 is 11.9 Å². The molecule has 0 aliphatic rings. The van der Waals surface area contributed by atoms with Gasteiger partial charge in [0.2, 0.25) is 0 Å². The molecule has 0 saturated heterocycles. The van der Waals surface area contributed by atoms with Crippen molar-refractivity contribution in [2.24, 2.45) is 0 Å². The number of carboxylic acids is 2. The van der Waals surface area contributed by atoms with E-state index in [1.54, 1.807) is 0 Å². The first-order chi connectivity index (χ1) is 10.5. The standard InChI is InChI=1S/C16H18O6/c1-3-21-9-7-11-5-6-13(15(17)18)12(8-10-22-4-2)14(11)16(19)20/h3-6H,1-2,7-10H2,(H,17,18)(H,19,20). The highest BCUT2D eigenvalue weighted by molar-refractivity contribution is 5.97. The van der Waals surface area contributed by atoms with Gasteiger partial charge in [-0.1, -0.05) is 19.2 Å². The summed E-state index contributed by atoms with van der Waals surface area (Å²) in [7, 11) is 0. The van der Waals surface area contributed by atoms with Crippen LogP contribution in [0.2, 0.25) is 0 Å². The Bertz CT molecular complexity index is 576. The quantitative estimate of drug-likeness (QED) is 0.509. The van der Waals surface area contributed by atoms with Gasteiger partial charge in [-0.15, -0.1) is 0 Å². The smallest absolute Gasteiger partial charge is 0.336 e. The maximum atomic E-state index is 11.6. The number of hydrogen-bond donors (Lipinski definition) is 2. The Morgan fingerprint density at radius 1 is 1.00 bits per heavy atom. The van der Waals surface area contributed by atoms with E-state index < -0.39 is 11.9 Å². The highest BCUT2D eigenvalue weighted by atomic mass is 16.5. The van der Waals surface area contributed by atoms with Crippen LogP contribution < -0.4 is 0 Å². The zero-order chi connectivity index (χ0) is 16.5. The molecule has 0 aromatic heterocycles. The first-order valence-corrected chi connectivity index (χ1v) is 6.59. The number of ether oxygens (including phenoxy) is 2. The fourth-order valence-electron chi connectivity index (χ4n) is 2.13. The van der Waals surface area contributed by atoms with Crippen LogP contribution in [0.4, 0.5) is 0 Å². The van der Waals surface area contributed by atoms with Crippen molar-refractivity contribution in [3.8, 4) is 0 Å². The maximum Gasteiger partial charge on any atom is 0.336 e. The van der Waals surface area contributed by atoms with Gasteiger partial charge in [-0.05, 0) is 17.2 Å². The van der Waals surface area contributed by atoms with Gasteiger partial charge in [0.25, 0.3) is 0 Å². The van der Waals surface area contributed by atoms with Crippen molar-refractivity contribution in [2.45, 2.75) is 12.8 Å². The Kier molecular flexibility index (Phi) is 6.69. The van der Waals surface area contributed by atoms with Crippen molar-refractivity contribution in [1.82, 2.24) is 0 Å². The van der Waals surface area contributed by atoms with Crippen LogP contribution in [0.1, 0.15) is 31.8 Å². The number of carbonyl (C=O) groups is 2. The number of aromatic carboxylic acids is 2. The van der Waals surface area contributed by atoms with E-state index in [0.29, 0.717) is 12.0 Å². The minimum Gasteiger partial charge on any atom is -0.501 e. The molecule has 0 spiro atoms. The zero-order valence-corrected chi connectivity index (χ0v) is 12.1. The largest absolute Gasteiger partial charge is 0.501 e. The Labute approximate surface area is 128 Å². The Morgan fingerprint density at radius 3 is 2.09 bits per heavy atom. The Hall–Kier alpha value is -2.76. The third-order valence-corrected chi connectivity index (χ3v) is 3.04. The molecular formula is C16H18O6. The van der Waals surface area contributed by atoms with E-state index in [-0.39, 0.29) is 36.3 Å². The van der Waals surface area contributed by atoms with E-state index in [1.807, 2.05) is 0 Å². The average molecular weight is 306 g/mol. The fourth-order valence-corrected chi connectivity index (χ4v) is 2.13. The van der Waals surface area contributed by atoms with Gasteiger partial charge >= 0.3 is 11.9 Å². The lowest BCUT2D eigenvalue weighted by atomic mass is 9.92. The molecular weight excluding hydrogens is 288 g/mol. The van der Waals surface area contributed by atoms with Crippen LogP contribution in [0, 0.1) is 0 Å². The molecule has 118 valence electrons. The van der Waals surface area contributed by atoms with Gasteiger partial charge in [0.15, 0.2) is 0 Å². The van der Waals surface area contributed by atoms with Gasteiger partial charge in [-0.25, -0.2) is 9.59 Å². The predicted octanol–water partition coefficient (Wildman–Crippen LogP) is 2.49. The Morgan fingerprint density at radius 2 is 1.59 bits per heavy atom. The van der Waals surface area contributed by atoms with Crippen molar-refractivity contribution < 1.29 is 29.3 Å². The maximum absolute atomic E-state index is 11.6. The second-order valence-electron chi connectivity index (χ2n) is 4.31. The van der Waals surface area contributed by atoms with E-state index in [2.05, 4.69) is 13.2 Å². The summed E-state index contributed by atoms with van der Waals surface area (Å²) in [5.41, 5.74) is 0.685. The third kappa shape index (κ3) is 4.37. The third-order valence-electron chi connectivity index (χ3n) is 3.04. The summed E-state index contributed by atoms with van der Waals surface area (Å²) in [6, 6.07) is 2.90. The molecule has 0 heterocycles. The van der Waals surface area contributed by atoms with Crippen molar-refractivity contribution in [1.29, 1.82) is 0 Å². The monoisotopic (exact) mass is 306 g/mol. The van der Waals surface area contributed by atoms with Crippen LogP contribution in [0.15, 0.2) is 37.8 Å². The molecule has 1 aromatic rings. The lowest BCUT2D eigenvalue weighted by Gasteiger charge is -2.14. The molecule has 0 saturated carbocycles. The summed E-state index contributed by atoms with van der Waals surface area (Å²) < 4.78 is 9.99. The van der Waals surface area contributed by atoms with E-state index in [1.165, 1.54) is 24.7 Å². The second-order valence-corrected chi connectivity index (χ2v) is 4.31. The van der Waals surface area contributed by atoms with Gasteiger partial charge < -0.3 is 19.7 Å². The molecule has 0 amide bonds. The van der Waals surface area contributed by atoms with Crippen molar-refractivity contribution in [3.05, 3.63) is 60.1 Å². The molecule has 1 aromatic carbocycles. The molecule has 0 unspecified atom stereocenters. The Balaban J connectivity index is 3.26. The molecule has 0 radical (unpaired) electrons. The SMILES string of the molecule is C=COCCc1ccc(C(=O)O)c(CCOC=C)c1C(=O)O. The van der Waals surface area contributed by atoms with Crippen LogP contribution in [-0.2, 0) is 22.3 Å². The van der Waals surface area contributed by atoms with Crippen LogP contribution in [0.25, 0.3) is 0 Å². The number of carboxylic acid groups (broad SMARTS) is 2. The van der Waals surface area contributed by atoms with Crippen molar-refractivity contribution in [2.75, 3.05) is 13.2 Å². The van der Waals surface area contributed by atoms with E-state index in [0.717, 1.165) is 0 Å². The lowest BCUT2D eigenvalue weighted by molar-refractivity contribution is 0.0693. The highest BCUT2D eigenvalue weighted by Gasteiger charge is 2.22. The molecule has 2 N–H and O–H groups in total. The molecule has 0 aliphatic heterocycles. The summed E-state index contributed by atoms with van der Waals surface area (Å²) >= 11 is 0. The van der Waals surface area contributed by atoms with E-state index in [9.17, 15) is 19.8 Å². The van der Waals surface area contributed by atoms with Crippen LogP contribution in [0.3, 0.4) is 0 Å². The van der Waals surface area contributed by atoms with Gasteiger partial charge in [0, 0.05) is 12.8 Å². The summed E-state index contributed by atoms with van der Waals surface area (Å²) in [5.74, 6) is -2.35. The minimum atomic E-state index is -1.18. The van der Waals surface area contributed by atoms with Gasteiger partial charge in [0.1, 0.15) is 0 Å². The van der Waals surface area contributed by atoms with Crippen LogP contribution in [-0.4, -0.2) is 35.4 Å².